The van der Waals surface area contributed by atoms with E-state index < -0.39 is 0 Å². The highest BCUT2D eigenvalue weighted by molar-refractivity contribution is 5.80. The molecule has 0 aromatic rings. The molecule has 5 nitrogen and oxygen atoms in total. The number of rotatable bonds is 5. The van der Waals surface area contributed by atoms with E-state index in [0.717, 1.165) is 25.7 Å². The monoisotopic (exact) mass is 255 g/mol. The predicted molar refractivity (Wildman–Crippen MR) is 70.8 cm³/mol. The summed E-state index contributed by atoms with van der Waals surface area (Å²) in [5.41, 5.74) is 5.94. The number of nitrogens with two attached hydrogens (primary N) is 1. The molecule has 0 aromatic heterocycles. The maximum Gasteiger partial charge on any atom is 0.223 e. The Morgan fingerprint density at radius 2 is 2.11 bits per heavy atom. The summed E-state index contributed by atoms with van der Waals surface area (Å²) in [6, 6.07) is 0.241. The molecule has 0 radical (unpaired) electrons. The average Bonchev–Trinajstić information content (AvgIpc) is 2.37. The highest BCUT2D eigenvalue weighted by atomic mass is 16.2. The molecule has 4 N–H and O–H groups in total. The molecule has 1 saturated carbocycles. The van der Waals surface area contributed by atoms with E-state index in [1.165, 1.54) is 0 Å². The van der Waals surface area contributed by atoms with Crippen LogP contribution in [0, 0.1) is 11.8 Å². The van der Waals surface area contributed by atoms with Crippen molar-refractivity contribution >= 4 is 11.8 Å². The van der Waals surface area contributed by atoms with E-state index in [9.17, 15) is 9.59 Å². The Morgan fingerprint density at radius 3 is 2.72 bits per heavy atom. The third-order valence-electron chi connectivity index (χ3n) is 3.81. The van der Waals surface area contributed by atoms with E-state index in [0.29, 0.717) is 18.9 Å². The number of carbonyl (C=O) groups is 2. The van der Waals surface area contributed by atoms with Gasteiger partial charge in [-0.05, 0) is 25.2 Å². The van der Waals surface area contributed by atoms with Crippen LogP contribution in [0.2, 0.25) is 0 Å². The summed E-state index contributed by atoms with van der Waals surface area (Å²) in [6.45, 7) is 2.36. The molecule has 3 atom stereocenters. The third kappa shape index (κ3) is 4.64. The van der Waals surface area contributed by atoms with Gasteiger partial charge in [0.15, 0.2) is 0 Å². The molecule has 0 saturated heterocycles. The van der Waals surface area contributed by atoms with Gasteiger partial charge in [-0.3, -0.25) is 9.59 Å². The van der Waals surface area contributed by atoms with E-state index >= 15 is 0 Å². The molecule has 104 valence electrons. The Bertz CT molecular complexity index is 294. The van der Waals surface area contributed by atoms with Crippen LogP contribution >= 0.6 is 0 Å². The van der Waals surface area contributed by atoms with Crippen molar-refractivity contribution in [1.29, 1.82) is 0 Å². The molecule has 1 rings (SSSR count). The molecule has 18 heavy (non-hydrogen) atoms. The topological polar surface area (TPSA) is 84.2 Å². The molecule has 5 heteroatoms. The SMILES string of the molecule is CNC(=O)CCNC(=O)C(C)C1CCCC(N)C1. The fraction of sp³-hybridized carbons (Fsp3) is 0.846. The first-order valence-electron chi connectivity index (χ1n) is 6.78. The first-order valence-corrected chi connectivity index (χ1v) is 6.78. The average molecular weight is 255 g/mol. The van der Waals surface area contributed by atoms with Crippen LogP contribution in [0.15, 0.2) is 0 Å². The Kier molecular flexibility index (Phi) is 6.12. The zero-order valence-corrected chi connectivity index (χ0v) is 11.4. The van der Waals surface area contributed by atoms with Crippen molar-refractivity contribution in [2.24, 2.45) is 17.6 Å². The molecule has 0 heterocycles. The standard InChI is InChI=1S/C13H25N3O2/c1-9(10-4-3-5-11(14)8-10)13(18)16-7-6-12(17)15-2/h9-11H,3-8,14H2,1-2H3,(H,15,17)(H,16,18). The highest BCUT2D eigenvalue weighted by Gasteiger charge is 2.28. The fourth-order valence-electron chi connectivity index (χ4n) is 2.52. The smallest absolute Gasteiger partial charge is 0.223 e. The Hall–Kier alpha value is -1.10. The van der Waals surface area contributed by atoms with Crippen molar-refractivity contribution in [3.05, 3.63) is 0 Å². The van der Waals surface area contributed by atoms with E-state index in [1.807, 2.05) is 6.92 Å². The van der Waals surface area contributed by atoms with Crippen molar-refractivity contribution in [2.45, 2.75) is 45.1 Å². The van der Waals surface area contributed by atoms with Gasteiger partial charge in [0.2, 0.25) is 11.8 Å². The maximum absolute atomic E-state index is 11.9. The van der Waals surface area contributed by atoms with Crippen molar-refractivity contribution < 1.29 is 9.59 Å². The lowest BCUT2D eigenvalue weighted by atomic mass is 9.78. The van der Waals surface area contributed by atoms with Gasteiger partial charge in [-0.15, -0.1) is 0 Å². The number of hydrogen-bond donors (Lipinski definition) is 3. The van der Waals surface area contributed by atoms with E-state index in [-0.39, 0.29) is 23.8 Å². The van der Waals surface area contributed by atoms with Gasteiger partial charge >= 0.3 is 0 Å². The normalized spacial score (nSPS) is 25.3. The lowest BCUT2D eigenvalue weighted by Crippen LogP contribution is -2.39. The first kappa shape index (κ1) is 15.0. The second-order valence-corrected chi connectivity index (χ2v) is 5.19. The minimum atomic E-state index is -0.0531. The summed E-state index contributed by atoms with van der Waals surface area (Å²) in [7, 11) is 1.59. The molecule has 1 aliphatic carbocycles. The van der Waals surface area contributed by atoms with Crippen molar-refractivity contribution in [3.8, 4) is 0 Å². The van der Waals surface area contributed by atoms with Crippen molar-refractivity contribution in [3.63, 3.8) is 0 Å². The fourth-order valence-corrected chi connectivity index (χ4v) is 2.52. The largest absolute Gasteiger partial charge is 0.359 e. The van der Waals surface area contributed by atoms with Gasteiger partial charge in [0, 0.05) is 32.0 Å². The number of nitrogens with one attached hydrogen (secondary N) is 2. The van der Waals surface area contributed by atoms with E-state index in [2.05, 4.69) is 10.6 Å². The van der Waals surface area contributed by atoms with Gasteiger partial charge in [0.05, 0.1) is 0 Å². The van der Waals surface area contributed by atoms with E-state index in [4.69, 9.17) is 5.73 Å². The van der Waals surface area contributed by atoms with Crippen LogP contribution in [0.3, 0.4) is 0 Å². The molecular weight excluding hydrogens is 230 g/mol. The number of hydrogen-bond acceptors (Lipinski definition) is 3. The molecule has 1 aliphatic rings. The van der Waals surface area contributed by atoms with E-state index in [1.54, 1.807) is 7.05 Å². The molecular formula is C13H25N3O2. The molecule has 0 bridgehead atoms. The molecule has 0 aromatic carbocycles. The summed E-state index contributed by atoms with van der Waals surface area (Å²) < 4.78 is 0. The van der Waals surface area contributed by atoms with Crippen LogP contribution in [0.5, 0.6) is 0 Å². The quantitative estimate of drug-likeness (QED) is 0.664. The van der Waals surface area contributed by atoms with Crippen molar-refractivity contribution in [2.75, 3.05) is 13.6 Å². The van der Waals surface area contributed by atoms with Gasteiger partial charge in [0.1, 0.15) is 0 Å². The Balaban J connectivity index is 2.29. The van der Waals surface area contributed by atoms with Gasteiger partial charge in [0.25, 0.3) is 0 Å². The van der Waals surface area contributed by atoms with Gasteiger partial charge in [-0.1, -0.05) is 13.3 Å². The zero-order valence-electron chi connectivity index (χ0n) is 11.4. The second kappa shape index (κ2) is 7.36. The minimum absolute atomic E-state index is 0.0129. The molecule has 0 aliphatic heterocycles. The molecule has 0 spiro atoms. The maximum atomic E-state index is 11.9. The minimum Gasteiger partial charge on any atom is -0.359 e. The van der Waals surface area contributed by atoms with Crippen LogP contribution in [0.25, 0.3) is 0 Å². The zero-order chi connectivity index (χ0) is 13.5. The first-order chi connectivity index (χ1) is 8.54. The molecule has 2 amide bonds. The molecule has 1 fully saturated rings. The van der Waals surface area contributed by atoms with Gasteiger partial charge < -0.3 is 16.4 Å². The summed E-state index contributed by atoms with van der Waals surface area (Å²) in [4.78, 5) is 23.0. The Labute approximate surface area is 109 Å². The van der Waals surface area contributed by atoms with Crippen LogP contribution in [-0.2, 0) is 9.59 Å². The van der Waals surface area contributed by atoms with Crippen LogP contribution < -0.4 is 16.4 Å². The second-order valence-electron chi connectivity index (χ2n) is 5.19. The lowest BCUT2D eigenvalue weighted by Gasteiger charge is -2.30. The van der Waals surface area contributed by atoms with Gasteiger partial charge in [-0.25, -0.2) is 0 Å². The summed E-state index contributed by atoms with van der Waals surface area (Å²) in [5, 5.41) is 5.35. The van der Waals surface area contributed by atoms with Crippen LogP contribution in [0.1, 0.15) is 39.0 Å². The van der Waals surface area contributed by atoms with Crippen LogP contribution in [0.4, 0.5) is 0 Å². The predicted octanol–water partition coefficient (Wildman–Crippen LogP) is 0.392. The summed E-state index contributed by atoms with van der Waals surface area (Å²) in [6.07, 6.45) is 4.53. The number of carbonyl (C=O) groups excluding carboxylic acids is 2. The highest BCUT2D eigenvalue weighted by Crippen LogP contribution is 2.29. The molecule has 3 unspecified atom stereocenters. The third-order valence-corrected chi connectivity index (χ3v) is 3.81. The Morgan fingerprint density at radius 1 is 1.39 bits per heavy atom. The van der Waals surface area contributed by atoms with Gasteiger partial charge in [-0.2, -0.15) is 0 Å². The lowest BCUT2D eigenvalue weighted by molar-refractivity contribution is -0.126. The van der Waals surface area contributed by atoms with Crippen LogP contribution in [-0.4, -0.2) is 31.4 Å². The van der Waals surface area contributed by atoms with Crippen molar-refractivity contribution in [1.82, 2.24) is 10.6 Å². The summed E-state index contributed by atoms with van der Waals surface area (Å²) in [5.74, 6) is 0.357. The number of amides is 2. The summed E-state index contributed by atoms with van der Waals surface area (Å²) >= 11 is 0.